The average Bonchev–Trinajstić information content (AvgIpc) is 3.53. The fourth-order valence-corrected chi connectivity index (χ4v) is 6.33. The Hall–Kier alpha value is -2.81. The fourth-order valence-electron chi connectivity index (χ4n) is 6.33. The molecule has 0 aliphatic carbocycles. The standard InChI is InChI=1S/C30H40FN5O2/c1-19(2)34(4)30(38)25-12-24(31)5-6-27(25)36-17-22(29-20(3)13-33-15-28(29)36)11-21-8-10-35(16-21)26-7-9-32-14-23(26)18-37/h5-6,12-13,15,17,19,21,23,26,32,37H,7-11,14,16,18H2,1-4H3/t21-,23?,26?/m0/s1. The number of carbonyl (C=O) groups excluding carboxylic acids is 1. The van der Waals surface area contributed by atoms with Gasteiger partial charge in [-0.25, -0.2) is 4.39 Å². The minimum Gasteiger partial charge on any atom is -0.396 e. The molecule has 0 radical (unpaired) electrons. The lowest BCUT2D eigenvalue weighted by Crippen LogP contribution is -2.50. The predicted octanol–water partition coefficient (Wildman–Crippen LogP) is 3.79. The maximum Gasteiger partial charge on any atom is 0.256 e. The minimum absolute atomic E-state index is 0.00446. The van der Waals surface area contributed by atoms with E-state index in [0.29, 0.717) is 23.2 Å². The Kier molecular flexibility index (Phi) is 7.84. The second-order valence-corrected chi connectivity index (χ2v) is 11.4. The smallest absolute Gasteiger partial charge is 0.256 e. The molecular weight excluding hydrogens is 481 g/mol. The normalized spacial score (nSPS) is 22.4. The summed E-state index contributed by atoms with van der Waals surface area (Å²) in [5.41, 5.74) is 4.27. The molecule has 2 saturated heterocycles. The molecule has 0 bridgehead atoms. The molecule has 1 amide bonds. The number of aromatic nitrogens is 2. The fraction of sp³-hybridized carbons (Fsp3) is 0.533. The van der Waals surface area contributed by atoms with Gasteiger partial charge in [0.2, 0.25) is 0 Å². The lowest BCUT2D eigenvalue weighted by molar-refractivity contribution is 0.0754. The van der Waals surface area contributed by atoms with Gasteiger partial charge in [0, 0.05) is 62.5 Å². The molecule has 1 aromatic carbocycles. The molecule has 7 nitrogen and oxygen atoms in total. The van der Waals surface area contributed by atoms with E-state index in [0.717, 1.165) is 61.9 Å². The van der Waals surface area contributed by atoms with Crippen molar-refractivity contribution in [3.05, 3.63) is 59.3 Å². The predicted molar refractivity (Wildman–Crippen MR) is 148 cm³/mol. The van der Waals surface area contributed by atoms with Gasteiger partial charge < -0.3 is 19.9 Å². The van der Waals surface area contributed by atoms with E-state index in [4.69, 9.17) is 0 Å². The van der Waals surface area contributed by atoms with E-state index in [2.05, 4.69) is 28.3 Å². The Morgan fingerprint density at radius 2 is 2.11 bits per heavy atom. The zero-order valence-electron chi connectivity index (χ0n) is 23.0. The molecule has 2 aromatic heterocycles. The van der Waals surface area contributed by atoms with Crippen LogP contribution in [0.4, 0.5) is 4.39 Å². The van der Waals surface area contributed by atoms with Crippen molar-refractivity contribution < 1.29 is 14.3 Å². The van der Waals surface area contributed by atoms with Crippen molar-refractivity contribution in [2.24, 2.45) is 11.8 Å². The topological polar surface area (TPSA) is 73.6 Å². The average molecular weight is 522 g/mol. The summed E-state index contributed by atoms with van der Waals surface area (Å²) in [5.74, 6) is 0.170. The number of aryl methyl sites for hydroxylation is 1. The van der Waals surface area contributed by atoms with Gasteiger partial charge in [-0.15, -0.1) is 0 Å². The van der Waals surface area contributed by atoms with E-state index in [1.807, 2.05) is 30.8 Å². The largest absolute Gasteiger partial charge is 0.396 e. The van der Waals surface area contributed by atoms with Crippen molar-refractivity contribution in [2.45, 2.75) is 52.1 Å². The van der Waals surface area contributed by atoms with Crippen molar-refractivity contribution in [3.63, 3.8) is 0 Å². The van der Waals surface area contributed by atoms with E-state index < -0.39 is 5.82 Å². The molecule has 38 heavy (non-hydrogen) atoms. The number of nitrogens with one attached hydrogen (secondary N) is 1. The van der Waals surface area contributed by atoms with Crippen LogP contribution in [0.5, 0.6) is 0 Å². The van der Waals surface area contributed by atoms with Crippen molar-refractivity contribution >= 4 is 16.8 Å². The highest BCUT2D eigenvalue weighted by Crippen LogP contribution is 2.34. The second kappa shape index (κ2) is 11.1. The summed E-state index contributed by atoms with van der Waals surface area (Å²) >= 11 is 0. The molecule has 0 spiro atoms. The molecule has 2 unspecified atom stereocenters. The first-order valence-corrected chi connectivity index (χ1v) is 13.9. The summed E-state index contributed by atoms with van der Waals surface area (Å²) < 4.78 is 16.4. The number of fused-ring (bicyclic) bond motifs is 1. The number of hydrogen-bond acceptors (Lipinski definition) is 5. The van der Waals surface area contributed by atoms with Crippen LogP contribution >= 0.6 is 0 Å². The number of likely N-dealkylation sites (tertiary alicyclic amines) is 1. The van der Waals surface area contributed by atoms with Crippen molar-refractivity contribution in [2.75, 3.05) is 39.8 Å². The number of aliphatic hydroxyl groups excluding tert-OH is 1. The number of amides is 1. The number of aliphatic hydroxyl groups is 1. The summed E-state index contributed by atoms with van der Waals surface area (Å²) in [7, 11) is 1.75. The quantitative estimate of drug-likeness (QED) is 0.495. The third kappa shape index (κ3) is 5.09. The van der Waals surface area contributed by atoms with Crippen LogP contribution in [-0.4, -0.2) is 82.3 Å². The number of nitrogens with zero attached hydrogens (tertiary/aromatic N) is 4. The van der Waals surface area contributed by atoms with Gasteiger partial charge in [0.25, 0.3) is 5.91 Å². The second-order valence-electron chi connectivity index (χ2n) is 11.4. The van der Waals surface area contributed by atoms with E-state index in [9.17, 15) is 14.3 Å². The van der Waals surface area contributed by atoms with Gasteiger partial charge in [-0.2, -0.15) is 0 Å². The van der Waals surface area contributed by atoms with Crippen LogP contribution in [0.2, 0.25) is 0 Å². The van der Waals surface area contributed by atoms with E-state index in [1.54, 1.807) is 18.0 Å². The number of halogens is 1. The van der Waals surface area contributed by atoms with Gasteiger partial charge in [0.1, 0.15) is 5.82 Å². The third-order valence-electron chi connectivity index (χ3n) is 8.62. The summed E-state index contributed by atoms with van der Waals surface area (Å²) in [6.07, 6.45) is 8.99. The molecule has 2 N–H and O–H groups in total. The van der Waals surface area contributed by atoms with Crippen molar-refractivity contribution in [1.29, 1.82) is 0 Å². The molecule has 2 aliphatic rings. The van der Waals surface area contributed by atoms with Crippen LogP contribution < -0.4 is 5.32 Å². The number of piperidine rings is 1. The molecule has 2 aliphatic heterocycles. The summed E-state index contributed by atoms with van der Waals surface area (Å²) in [6, 6.07) is 4.89. The molecule has 8 heteroatoms. The first kappa shape index (κ1) is 26.8. The number of hydrogen-bond donors (Lipinski definition) is 2. The van der Waals surface area contributed by atoms with Crippen LogP contribution in [0.3, 0.4) is 0 Å². The molecule has 0 saturated carbocycles. The Morgan fingerprint density at radius 3 is 2.87 bits per heavy atom. The number of carbonyl (C=O) groups is 1. The van der Waals surface area contributed by atoms with E-state index in [-0.39, 0.29) is 24.5 Å². The summed E-state index contributed by atoms with van der Waals surface area (Å²) in [5, 5.41) is 14.5. The Morgan fingerprint density at radius 1 is 1.29 bits per heavy atom. The zero-order chi connectivity index (χ0) is 27.0. The Labute approximate surface area is 224 Å². The van der Waals surface area contributed by atoms with Gasteiger partial charge >= 0.3 is 0 Å². The van der Waals surface area contributed by atoms with Gasteiger partial charge in [0.05, 0.1) is 23.0 Å². The van der Waals surface area contributed by atoms with Crippen LogP contribution in [-0.2, 0) is 6.42 Å². The van der Waals surface area contributed by atoms with Crippen LogP contribution in [0.1, 0.15) is 48.2 Å². The van der Waals surface area contributed by atoms with Crippen LogP contribution in [0, 0.1) is 24.6 Å². The molecule has 3 atom stereocenters. The maximum atomic E-state index is 14.4. The lowest BCUT2D eigenvalue weighted by atomic mass is 9.92. The van der Waals surface area contributed by atoms with Gasteiger partial charge in [0.15, 0.2) is 0 Å². The molecule has 2 fully saturated rings. The van der Waals surface area contributed by atoms with Crippen LogP contribution in [0.15, 0.2) is 36.8 Å². The Bertz CT molecular complexity index is 1310. The van der Waals surface area contributed by atoms with E-state index >= 15 is 0 Å². The molecule has 3 aromatic rings. The minimum atomic E-state index is -0.426. The number of pyridine rings is 1. The third-order valence-corrected chi connectivity index (χ3v) is 8.62. The summed E-state index contributed by atoms with van der Waals surface area (Å²) in [6.45, 7) is 10.2. The monoisotopic (exact) mass is 521 g/mol. The van der Waals surface area contributed by atoms with Gasteiger partial charge in [-0.3, -0.25) is 14.7 Å². The number of benzene rings is 1. The first-order chi connectivity index (χ1) is 18.3. The highest BCUT2D eigenvalue weighted by atomic mass is 19.1. The van der Waals surface area contributed by atoms with Crippen molar-refractivity contribution in [3.8, 4) is 5.69 Å². The summed E-state index contributed by atoms with van der Waals surface area (Å²) in [4.78, 5) is 22.0. The Balaban J connectivity index is 1.48. The highest BCUT2D eigenvalue weighted by Gasteiger charge is 2.34. The van der Waals surface area contributed by atoms with Crippen LogP contribution in [0.25, 0.3) is 16.6 Å². The van der Waals surface area contributed by atoms with Gasteiger partial charge in [-0.05, 0) is 88.4 Å². The maximum absolute atomic E-state index is 14.4. The van der Waals surface area contributed by atoms with Gasteiger partial charge in [-0.1, -0.05) is 0 Å². The molecular formula is C30H40FN5O2. The van der Waals surface area contributed by atoms with E-state index in [1.165, 1.54) is 17.7 Å². The highest BCUT2D eigenvalue weighted by molar-refractivity contribution is 5.99. The van der Waals surface area contributed by atoms with Crippen molar-refractivity contribution in [1.82, 2.24) is 24.7 Å². The molecule has 5 rings (SSSR count). The molecule has 204 valence electrons. The zero-order valence-corrected chi connectivity index (χ0v) is 23.0. The lowest BCUT2D eigenvalue weighted by Gasteiger charge is -2.37. The first-order valence-electron chi connectivity index (χ1n) is 13.9. The SMILES string of the molecule is Cc1cncc2c1c(C[C@@H]1CCN(C3CCNCC3CO)C1)cn2-c1ccc(F)cc1C(=O)N(C)C(C)C. The molecule has 4 heterocycles. The number of rotatable bonds is 7.